The normalized spacial score (nSPS) is 28.6. The van der Waals surface area contributed by atoms with Crippen LogP contribution < -0.4 is 5.46 Å². The van der Waals surface area contributed by atoms with E-state index < -0.39 is 32.0 Å². The van der Waals surface area contributed by atoms with Crippen molar-refractivity contribution in [1.29, 1.82) is 0 Å². The van der Waals surface area contributed by atoms with Crippen LogP contribution in [0.3, 0.4) is 0 Å². The molecule has 0 saturated carbocycles. The van der Waals surface area contributed by atoms with Gasteiger partial charge < -0.3 is 9.31 Å². The van der Waals surface area contributed by atoms with E-state index in [1.54, 1.807) is 0 Å². The number of hydrogen-bond acceptors (Lipinski definition) is 3. The quantitative estimate of drug-likeness (QED) is 0.702. The van der Waals surface area contributed by atoms with E-state index in [1.807, 2.05) is 27.7 Å². The molecule has 4 heteroatoms. The van der Waals surface area contributed by atoms with Crippen molar-refractivity contribution < 1.29 is 17.5 Å². The van der Waals surface area contributed by atoms with Crippen LogP contribution in [0.15, 0.2) is 12.1 Å². The standard InChI is InChI=1S/C13H20BNO2/c1-9-7-8-11(10(2)15-9)14-16-12(3,4)13(5,6)17-14/h7-8H,1-6H3/i1D3,2D3. The monoisotopic (exact) mass is 239 g/mol. The zero-order chi connectivity index (χ0) is 17.8. The van der Waals surface area contributed by atoms with Crippen LogP contribution in [0.1, 0.15) is 47.3 Å². The minimum absolute atomic E-state index is 0.233. The first-order valence-corrected chi connectivity index (χ1v) is 5.53. The molecule has 2 heterocycles. The molecule has 17 heavy (non-hydrogen) atoms. The fourth-order valence-electron chi connectivity index (χ4n) is 1.63. The maximum atomic E-state index is 7.65. The Morgan fingerprint density at radius 1 is 1.12 bits per heavy atom. The van der Waals surface area contributed by atoms with Crippen molar-refractivity contribution in [3.8, 4) is 0 Å². The molecule has 1 aromatic rings. The van der Waals surface area contributed by atoms with Crippen molar-refractivity contribution in [3.63, 3.8) is 0 Å². The van der Waals surface area contributed by atoms with Crippen LogP contribution in [-0.4, -0.2) is 23.3 Å². The largest absolute Gasteiger partial charge is 0.496 e. The van der Waals surface area contributed by atoms with E-state index in [0.29, 0.717) is 0 Å². The molecular weight excluding hydrogens is 213 g/mol. The van der Waals surface area contributed by atoms with E-state index in [9.17, 15) is 0 Å². The lowest BCUT2D eigenvalue weighted by Gasteiger charge is -2.32. The highest BCUT2D eigenvalue weighted by molar-refractivity contribution is 6.62. The van der Waals surface area contributed by atoms with Gasteiger partial charge in [0.25, 0.3) is 0 Å². The van der Waals surface area contributed by atoms with Crippen LogP contribution in [0.4, 0.5) is 0 Å². The third-order valence-corrected chi connectivity index (χ3v) is 3.43. The Bertz CT molecular complexity index is 595. The first-order chi connectivity index (χ1) is 10.2. The molecule has 0 bridgehead atoms. The van der Waals surface area contributed by atoms with Crippen LogP contribution in [0.25, 0.3) is 0 Å². The minimum Gasteiger partial charge on any atom is -0.399 e. The highest BCUT2D eigenvalue weighted by Gasteiger charge is 2.52. The summed E-state index contributed by atoms with van der Waals surface area (Å²) in [5.74, 6) is 0. The minimum atomic E-state index is -2.57. The zero-order valence-electron chi connectivity index (χ0n) is 16.5. The highest BCUT2D eigenvalue weighted by Crippen LogP contribution is 2.36. The smallest absolute Gasteiger partial charge is 0.399 e. The predicted molar refractivity (Wildman–Crippen MR) is 69.4 cm³/mol. The average Bonchev–Trinajstić information content (AvgIpc) is 2.55. The van der Waals surface area contributed by atoms with Gasteiger partial charge in [0.05, 0.1) is 11.2 Å². The van der Waals surface area contributed by atoms with Gasteiger partial charge in [0.1, 0.15) is 0 Å². The number of hydrogen-bond donors (Lipinski definition) is 0. The topological polar surface area (TPSA) is 31.4 Å². The molecule has 1 fully saturated rings. The summed E-state index contributed by atoms with van der Waals surface area (Å²) >= 11 is 0. The highest BCUT2D eigenvalue weighted by atomic mass is 16.7. The molecule has 0 N–H and O–H groups in total. The van der Waals surface area contributed by atoms with E-state index in [-0.39, 0.29) is 16.9 Å². The molecule has 0 aromatic carbocycles. The number of pyridine rings is 1. The number of aryl methyl sites for hydroxylation is 2. The molecule has 0 atom stereocenters. The summed E-state index contributed by atoms with van der Waals surface area (Å²) in [7, 11) is -0.909. The van der Waals surface area contributed by atoms with Crippen molar-refractivity contribution >= 4 is 12.6 Å². The third-order valence-electron chi connectivity index (χ3n) is 3.43. The fourth-order valence-corrected chi connectivity index (χ4v) is 1.63. The predicted octanol–water partition coefficient (Wildman–Crippen LogP) is 2.00. The van der Waals surface area contributed by atoms with Crippen molar-refractivity contribution in [2.45, 2.75) is 52.6 Å². The zero-order valence-corrected chi connectivity index (χ0v) is 10.5. The average molecular weight is 239 g/mol. The van der Waals surface area contributed by atoms with E-state index in [1.165, 1.54) is 12.1 Å². The second-order valence-corrected chi connectivity index (χ2v) is 5.22. The van der Waals surface area contributed by atoms with Gasteiger partial charge in [-0.05, 0) is 47.5 Å². The molecule has 3 nitrogen and oxygen atoms in total. The Morgan fingerprint density at radius 3 is 2.29 bits per heavy atom. The van der Waals surface area contributed by atoms with Gasteiger partial charge in [0.2, 0.25) is 0 Å². The number of nitrogens with zero attached hydrogens (tertiary/aromatic N) is 1. The summed E-state index contributed by atoms with van der Waals surface area (Å²) in [6, 6.07) is 2.71. The van der Waals surface area contributed by atoms with Gasteiger partial charge in [-0.1, -0.05) is 6.07 Å². The molecule has 0 spiro atoms. The van der Waals surface area contributed by atoms with Gasteiger partial charge in [-0.2, -0.15) is 0 Å². The molecule has 0 radical (unpaired) electrons. The van der Waals surface area contributed by atoms with Crippen molar-refractivity contribution in [1.82, 2.24) is 4.98 Å². The Kier molecular flexibility index (Phi) is 1.55. The van der Waals surface area contributed by atoms with Crippen LogP contribution >= 0.6 is 0 Å². The summed E-state index contributed by atoms with van der Waals surface area (Å²) in [5.41, 5.74) is -1.59. The van der Waals surface area contributed by atoms with Crippen molar-refractivity contribution in [2.75, 3.05) is 0 Å². The molecule has 1 saturated heterocycles. The molecule has 2 rings (SSSR count). The van der Waals surface area contributed by atoms with Gasteiger partial charge >= 0.3 is 7.12 Å². The molecule has 92 valence electrons. The second-order valence-electron chi connectivity index (χ2n) is 5.22. The molecule has 0 unspecified atom stereocenters. The summed E-state index contributed by atoms with van der Waals surface area (Å²) < 4.78 is 56.9. The van der Waals surface area contributed by atoms with Crippen molar-refractivity contribution in [3.05, 3.63) is 23.5 Å². The van der Waals surface area contributed by atoms with Crippen molar-refractivity contribution in [2.24, 2.45) is 0 Å². The summed E-state index contributed by atoms with van der Waals surface area (Å²) in [6.07, 6.45) is 0. The number of aromatic nitrogens is 1. The summed E-state index contributed by atoms with van der Waals surface area (Å²) in [4.78, 5) is 3.87. The van der Waals surface area contributed by atoms with Gasteiger partial charge in [-0.25, -0.2) is 0 Å². The number of rotatable bonds is 1. The molecule has 1 aliphatic heterocycles. The van der Waals surface area contributed by atoms with Gasteiger partial charge in [-0.3, -0.25) is 4.98 Å². The Balaban J connectivity index is 2.52. The SMILES string of the molecule is [2H]C([2H])([2H])c1ccc(B2OC(C)(C)C(C)(C)O2)c(C([2H])([2H])[2H])n1. The lowest BCUT2D eigenvalue weighted by Crippen LogP contribution is -2.41. The van der Waals surface area contributed by atoms with E-state index >= 15 is 0 Å². The van der Waals surface area contributed by atoms with Crippen LogP contribution in [0.5, 0.6) is 0 Å². The summed E-state index contributed by atoms with van der Waals surface area (Å²) in [5, 5.41) is 0. The Labute approximate surface area is 112 Å². The third kappa shape index (κ3) is 2.12. The molecule has 1 aliphatic rings. The molecule has 0 aliphatic carbocycles. The van der Waals surface area contributed by atoms with Crippen LogP contribution in [-0.2, 0) is 9.31 Å². The first-order valence-electron chi connectivity index (χ1n) is 8.53. The Morgan fingerprint density at radius 2 is 1.76 bits per heavy atom. The fraction of sp³-hybridized carbons (Fsp3) is 0.615. The maximum Gasteiger partial charge on any atom is 0.496 e. The van der Waals surface area contributed by atoms with E-state index in [2.05, 4.69) is 4.98 Å². The molecule has 1 aromatic heterocycles. The van der Waals surface area contributed by atoms with E-state index in [0.717, 1.165) is 0 Å². The summed E-state index contributed by atoms with van der Waals surface area (Å²) in [6.45, 7) is 2.37. The van der Waals surface area contributed by atoms with E-state index in [4.69, 9.17) is 17.5 Å². The van der Waals surface area contributed by atoms with Gasteiger partial charge in [-0.15, -0.1) is 0 Å². The van der Waals surface area contributed by atoms with Gasteiger partial charge in [0, 0.05) is 25.1 Å². The van der Waals surface area contributed by atoms with Crippen LogP contribution in [0, 0.1) is 13.7 Å². The first kappa shape index (κ1) is 6.91. The molecule has 0 amide bonds. The maximum absolute atomic E-state index is 7.65. The Hall–Kier alpha value is -0.865. The van der Waals surface area contributed by atoms with Gasteiger partial charge in [0.15, 0.2) is 0 Å². The lowest BCUT2D eigenvalue weighted by atomic mass is 9.78. The molecular formula is C13H20BNO2. The lowest BCUT2D eigenvalue weighted by molar-refractivity contribution is 0.00578. The second kappa shape index (κ2) is 3.82. The van der Waals surface area contributed by atoms with Crippen LogP contribution in [0.2, 0.25) is 0 Å².